The summed E-state index contributed by atoms with van der Waals surface area (Å²) >= 11 is 3.40. The minimum Gasteiger partial charge on any atom is -0.379 e. The van der Waals surface area contributed by atoms with Crippen molar-refractivity contribution in [3.63, 3.8) is 0 Å². The standard InChI is InChI=1S/C19H24BrN3O3/c20-15-3-5-16(6-4-15)21-18(25)22-9-7-17(24)23(11-14-1-2-14)19(12-22)8-10-26-13-19/h3-6,14H,1-2,7-13H2,(H,21,25). The Balaban J connectivity index is 1.51. The molecule has 1 saturated carbocycles. The van der Waals surface area contributed by atoms with E-state index in [0.29, 0.717) is 38.6 Å². The predicted octanol–water partition coefficient (Wildman–Crippen LogP) is 3.08. The Bertz CT molecular complexity index is 684. The highest BCUT2D eigenvalue weighted by Crippen LogP contribution is 2.37. The molecule has 140 valence electrons. The number of hydrogen-bond donors (Lipinski definition) is 1. The number of nitrogens with zero attached hydrogens (tertiary/aromatic N) is 2. The van der Waals surface area contributed by atoms with Gasteiger partial charge in [0.1, 0.15) is 0 Å². The first-order valence-corrected chi connectivity index (χ1v) is 10.0. The highest BCUT2D eigenvalue weighted by atomic mass is 79.9. The van der Waals surface area contributed by atoms with Crippen molar-refractivity contribution >= 4 is 33.6 Å². The fraction of sp³-hybridized carbons (Fsp3) is 0.579. The van der Waals surface area contributed by atoms with Gasteiger partial charge in [-0.1, -0.05) is 15.9 Å². The number of halogens is 1. The van der Waals surface area contributed by atoms with Crippen LogP contribution in [0.25, 0.3) is 0 Å². The van der Waals surface area contributed by atoms with E-state index in [9.17, 15) is 9.59 Å². The minimum absolute atomic E-state index is 0.153. The molecule has 3 amide bonds. The molecule has 1 N–H and O–H groups in total. The Morgan fingerprint density at radius 3 is 2.73 bits per heavy atom. The van der Waals surface area contributed by atoms with Gasteiger partial charge in [-0.25, -0.2) is 4.79 Å². The summed E-state index contributed by atoms with van der Waals surface area (Å²) in [5, 5.41) is 2.95. The smallest absolute Gasteiger partial charge is 0.321 e. The largest absolute Gasteiger partial charge is 0.379 e. The van der Waals surface area contributed by atoms with E-state index in [2.05, 4.69) is 21.2 Å². The fourth-order valence-electron chi connectivity index (χ4n) is 3.85. The molecule has 7 heteroatoms. The first kappa shape index (κ1) is 17.8. The van der Waals surface area contributed by atoms with Gasteiger partial charge in [0, 0.05) is 42.8 Å². The van der Waals surface area contributed by atoms with Crippen molar-refractivity contribution in [2.24, 2.45) is 5.92 Å². The zero-order valence-electron chi connectivity index (χ0n) is 14.7. The molecule has 2 aliphatic heterocycles. The maximum atomic E-state index is 12.8. The van der Waals surface area contributed by atoms with Gasteiger partial charge in [0.25, 0.3) is 0 Å². The van der Waals surface area contributed by atoms with E-state index in [1.807, 2.05) is 29.2 Å². The molecule has 3 aliphatic rings. The Morgan fingerprint density at radius 2 is 2.08 bits per heavy atom. The number of rotatable bonds is 3. The number of anilines is 1. The zero-order chi connectivity index (χ0) is 18.1. The highest BCUT2D eigenvalue weighted by molar-refractivity contribution is 9.10. The number of hydrogen-bond acceptors (Lipinski definition) is 3. The van der Waals surface area contributed by atoms with E-state index in [1.54, 1.807) is 4.90 Å². The van der Waals surface area contributed by atoms with Crippen molar-refractivity contribution in [3.8, 4) is 0 Å². The molecular weight excluding hydrogens is 398 g/mol. The second kappa shape index (κ2) is 7.19. The third-order valence-electron chi connectivity index (χ3n) is 5.56. The van der Waals surface area contributed by atoms with Gasteiger partial charge in [0.2, 0.25) is 5.91 Å². The first-order chi connectivity index (χ1) is 12.6. The van der Waals surface area contributed by atoms with Crippen molar-refractivity contribution in [3.05, 3.63) is 28.7 Å². The summed E-state index contributed by atoms with van der Waals surface area (Å²) in [5.41, 5.74) is 0.382. The molecule has 26 heavy (non-hydrogen) atoms. The zero-order valence-corrected chi connectivity index (χ0v) is 16.3. The number of carbonyl (C=O) groups is 2. The van der Waals surface area contributed by atoms with Crippen LogP contribution in [-0.2, 0) is 9.53 Å². The van der Waals surface area contributed by atoms with E-state index in [0.717, 1.165) is 23.1 Å². The van der Waals surface area contributed by atoms with Crippen LogP contribution in [-0.4, -0.2) is 60.1 Å². The molecule has 0 radical (unpaired) electrons. The molecule has 4 rings (SSSR count). The van der Waals surface area contributed by atoms with Crippen LogP contribution in [0.15, 0.2) is 28.7 Å². The van der Waals surface area contributed by atoms with Crippen LogP contribution < -0.4 is 5.32 Å². The summed E-state index contributed by atoms with van der Waals surface area (Å²) in [6.45, 7) is 2.96. The number of ether oxygens (including phenoxy) is 1. The lowest BCUT2D eigenvalue weighted by molar-refractivity contribution is -0.136. The molecule has 2 saturated heterocycles. The molecular formula is C19H24BrN3O3. The second-order valence-electron chi connectivity index (χ2n) is 7.58. The fourth-order valence-corrected chi connectivity index (χ4v) is 4.11. The van der Waals surface area contributed by atoms with Crippen LogP contribution >= 0.6 is 15.9 Å². The maximum Gasteiger partial charge on any atom is 0.321 e. The molecule has 1 unspecified atom stereocenters. The molecule has 3 fully saturated rings. The predicted molar refractivity (Wildman–Crippen MR) is 102 cm³/mol. The summed E-state index contributed by atoms with van der Waals surface area (Å²) in [5.74, 6) is 0.779. The summed E-state index contributed by atoms with van der Waals surface area (Å²) in [6.07, 6.45) is 3.58. The quantitative estimate of drug-likeness (QED) is 0.815. The van der Waals surface area contributed by atoms with E-state index in [-0.39, 0.29) is 17.5 Å². The van der Waals surface area contributed by atoms with Gasteiger partial charge in [-0.3, -0.25) is 4.79 Å². The van der Waals surface area contributed by atoms with Crippen molar-refractivity contribution in [2.75, 3.05) is 38.2 Å². The third-order valence-corrected chi connectivity index (χ3v) is 6.09. The molecule has 2 heterocycles. The average molecular weight is 422 g/mol. The Kier molecular flexibility index (Phi) is 4.92. The van der Waals surface area contributed by atoms with Crippen molar-refractivity contribution in [2.45, 2.75) is 31.2 Å². The Hall–Kier alpha value is -1.60. The number of benzene rings is 1. The monoisotopic (exact) mass is 421 g/mol. The van der Waals surface area contributed by atoms with Gasteiger partial charge < -0.3 is 19.9 Å². The Morgan fingerprint density at radius 1 is 1.31 bits per heavy atom. The van der Waals surface area contributed by atoms with Crippen LogP contribution in [0.5, 0.6) is 0 Å². The number of urea groups is 1. The van der Waals surface area contributed by atoms with Crippen LogP contribution in [0, 0.1) is 5.92 Å². The van der Waals surface area contributed by atoms with Crippen molar-refractivity contribution < 1.29 is 14.3 Å². The van der Waals surface area contributed by atoms with Crippen LogP contribution in [0.3, 0.4) is 0 Å². The van der Waals surface area contributed by atoms with Gasteiger partial charge in [-0.15, -0.1) is 0 Å². The minimum atomic E-state index is -0.368. The average Bonchev–Trinajstić information content (AvgIpc) is 3.36. The topological polar surface area (TPSA) is 61.9 Å². The molecule has 1 spiro atoms. The van der Waals surface area contributed by atoms with Crippen LogP contribution in [0.1, 0.15) is 25.7 Å². The SMILES string of the molecule is O=C(Nc1ccc(Br)cc1)N1CCC(=O)N(CC2CC2)C2(CCOC2)C1. The summed E-state index contributed by atoms with van der Waals surface area (Å²) in [4.78, 5) is 29.4. The summed E-state index contributed by atoms with van der Waals surface area (Å²) in [6, 6.07) is 7.35. The number of amides is 3. The Labute approximate surface area is 162 Å². The van der Waals surface area contributed by atoms with Crippen LogP contribution in [0.4, 0.5) is 10.5 Å². The molecule has 0 aromatic heterocycles. The van der Waals surface area contributed by atoms with Crippen molar-refractivity contribution in [1.29, 1.82) is 0 Å². The summed E-state index contributed by atoms with van der Waals surface area (Å²) < 4.78 is 6.64. The summed E-state index contributed by atoms with van der Waals surface area (Å²) in [7, 11) is 0. The molecule has 1 aromatic rings. The van der Waals surface area contributed by atoms with Crippen molar-refractivity contribution in [1.82, 2.24) is 9.80 Å². The number of carbonyl (C=O) groups excluding carboxylic acids is 2. The second-order valence-corrected chi connectivity index (χ2v) is 8.50. The molecule has 1 aliphatic carbocycles. The van der Waals surface area contributed by atoms with E-state index >= 15 is 0 Å². The third kappa shape index (κ3) is 3.74. The van der Waals surface area contributed by atoms with E-state index in [1.165, 1.54) is 12.8 Å². The lowest BCUT2D eigenvalue weighted by atomic mass is 9.95. The lowest BCUT2D eigenvalue weighted by Crippen LogP contribution is -2.57. The highest BCUT2D eigenvalue weighted by Gasteiger charge is 2.48. The maximum absolute atomic E-state index is 12.8. The number of nitrogens with one attached hydrogen (secondary N) is 1. The van der Waals surface area contributed by atoms with Gasteiger partial charge >= 0.3 is 6.03 Å². The van der Waals surface area contributed by atoms with Gasteiger partial charge in [0.05, 0.1) is 12.1 Å². The lowest BCUT2D eigenvalue weighted by Gasteiger charge is -2.40. The molecule has 1 atom stereocenters. The van der Waals surface area contributed by atoms with Crippen LogP contribution in [0.2, 0.25) is 0 Å². The van der Waals surface area contributed by atoms with E-state index in [4.69, 9.17) is 4.74 Å². The van der Waals surface area contributed by atoms with E-state index < -0.39 is 0 Å². The molecule has 0 bridgehead atoms. The van der Waals surface area contributed by atoms with Gasteiger partial charge in [-0.2, -0.15) is 0 Å². The first-order valence-electron chi connectivity index (χ1n) is 9.25. The molecule has 6 nitrogen and oxygen atoms in total. The van der Waals surface area contributed by atoms with Gasteiger partial charge in [-0.05, 0) is 49.4 Å². The normalized spacial score (nSPS) is 26.3. The molecule has 1 aromatic carbocycles. The van der Waals surface area contributed by atoms with Gasteiger partial charge in [0.15, 0.2) is 0 Å².